The first kappa shape index (κ1) is 20.6. The fourth-order valence-electron chi connectivity index (χ4n) is 4.42. The maximum Gasteiger partial charge on any atom is 0.416 e. The molecule has 2 aromatic rings. The summed E-state index contributed by atoms with van der Waals surface area (Å²) < 4.78 is 38.4. The number of aliphatic hydroxyl groups is 1. The van der Waals surface area contributed by atoms with Gasteiger partial charge in [-0.05, 0) is 56.0 Å². The Hall–Kier alpha value is -2.68. The zero-order valence-corrected chi connectivity index (χ0v) is 16.4. The molecule has 2 aliphatic rings. The number of benzene rings is 1. The Morgan fingerprint density at radius 2 is 1.93 bits per heavy atom. The number of aliphatic hydroxyl groups excluding tert-OH is 1. The molecule has 30 heavy (non-hydrogen) atoms. The quantitative estimate of drug-likeness (QED) is 0.791. The van der Waals surface area contributed by atoms with Crippen molar-refractivity contribution in [3.8, 4) is 17.0 Å². The van der Waals surface area contributed by atoms with Crippen LogP contribution in [0.1, 0.15) is 48.6 Å². The normalized spacial score (nSPS) is 22.8. The number of aromatic hydroxyl groups is 1. The fraction of sp³-hybridized carbons (Fsp3) is 0.476. The van der Waals surface area contributed by atoms with Crippen molar-refractivity contribution in [2.24, 2.45) is 5.92 Å². The van der Waals surface area contributed by atoms with E-state index in [9.17, 15) is 28.2 Å². The molecule has 0 aliphatic carbocycles. The van der Waals surface area contributed by atoms with Crippen LogP contribution in [0.5, 0.6) is 5.75 Å². The fourth-order valence-corrected chi connectivity index (χ4v) is 4.42. The standard InChI is InChI=1S/C21H22F3N3O3/c1-11-8-16(20(30)12-2-4-14-5-7-18(29)27(14)10-12)25-26-19(11)15-6-3-13(9-17(15)28)21(22,23)24/h3,6,8-9,12,14,20,28,30H,2,4-5,7,10H2,1H3/t12-,14+,20?/m1/s1. The first-order valence-electron chi connectivity index (χ1n) is 9.87. The highest BCUT2D eigenvalue weighted by molar-refractivity contribution is 5.79. The van der Waals surface area contributed by atoms with E-state index < -0.39 is 23.6 Å². The molecule has 1 unspecified atom stereocenters. The summed E-state index contributed by atoms with van der Waals surface area (Å²) in [5, 5.41) is 29.0. The molecule has 1 aromatic heterocycles. The van der Waals surface area contributed by atoms with E-state index >= 15 is 0 Å². The summed E-state index contributed by atoms with van der Waals surface area (Å²) in [6.07, 6.45) is -2.42. The number of aryl methyl sites for hydroxylation is 1. The predicted octanol–water partition coefficient (Wildman–Crippen LogP) is 3.61. The van der Waals surface area contributed by atoms with Gasteiger partial charge in [0, 0.05) is 30.5 Å². The monoisotopic (exact) mass is 421 g/mol. The maximum atomic E-state index is 12.8. The largest absolute Gasteiger partial charge is 0.507 e. The number of phenols is 1. The highest BCUT2D eigenvalue weighted by atomic mass is 19.4. The van der Waals surface area contributed by atoms with Crippen LogP contribution in [0, 0.1) is 12.8 Å². The molecule has 6 nitrogen and oxygen atoms in total. The summed E-state index contributed by atoms with van der Waals surface area (Å²) in [6.45, 7) is 2.17. The van der Waals surface area contributed by atoms with E-state index in [1.807, 2.05) is 4.90 Å². The lowest BCUT2D eigenvalue weighted by atomic mass is 9.87. The van der Waals surface area contributed by atoms with Crippen molar-refractivity contribution in [2.45, 2.75) is 50.9 Å². The first-order valence-corrected chi connectivity index (χ1v) is 9.87. The molecular formula is C21H22F3N3O3. The Morgan fingerprint density at radius 3 is 2.60 bits per heavy atom. The molecule has 160 valence electrons. The molecule has 4 rings (SSSR count). The van der Waals surface area contributed by atoms with Gasteiger partial charge in [0.2, 0.25) is 5.91 Å². The summed E-state index contributed by atoms with van der Waals surface area (Å²) in [5.74, 6) is -0.573. The van der Waals surface area contributed by atoms with Gasteiger partial charge >= 0.3 is 6.18 Å². The van der Waals surface area contributed by atoms with Gasteiger partial charge in [0.05, 0.1) is 17.0 Å². The number of rotatable bonds is 3. The van der Waals surface area contributed by atoms with Gasteiger partial charge in [-0.15, -0.1) is 5.10 Å². The van der Waals surface area contributed by atoms with Crippen LogP contribution in [0.2, 0.25) is 0 Å². The minimum atomic E-state index is -4.56. The lowest BCUT2D eigenvalue weighted by Crippen LogP contribution is -2.43. The van der Waals surface area contributed by atoms with E-state index in [0.717, 1.165) is 31.4 Å². The number of carbonyl (C=O) groups excluding carboxylic acids is 1. The molecule has 3 atom stereocenters. The molecule has 9 heteroatoms. The number of hydrogen-bond acceptors (Lipinski definition) is 5. The highest BCUT2D eigenvalue weighted by Crippen LogP contribution is 2.38. The molecule has 2 N–H and O–H groups in total. The number of amides is 1. The Bertz CT molecular complexity index is 980. The van der Waals surface area contributed by atoms with Crippen LogP contribution in [0.25, 0.3) is 11.3 Å². The van der Waals surface area contributed by atoms with E-state index in [2.05, 4.69) is 10.2 Å². The molecule has 1 amide bonds. The molecule has 0 saturated carbocycles. The lowest BCUT2D eigenvalue weighted by Gasteiger charge is -2.37. The third-order valence-electron chi connectivity index (χ3n) is 6.09. The second-order valence-electron chi connectivity index (χ2n) is 8.05. The van der Waals surface area contributed by atoms with E-state index in [4.69, 9.17) is 0 Å². The van der Waals surface area contributed by atoms with Gasteiger partial charge in [0.1, 0.15) is 11.9 Å². The number of aromatic nitrogens is 2. The van der Waals surface area contributed by atoms with Crippen molar-refractivity contribution in [3.63, 3.8) is 0 Å². The van der Waals surface area contributed by atoms with Gasteiger partial charge in [-0.2, -0.15) is 18.3 Å². The van der Waals surface area contributed by atoms with Crippen molar-refractivity contribution in [1.29, 1.82) is 0 Å². The third kappa shape index (κ3) is 3.74. The number of nitrogens with zero attached hydrogens (tertiary/aromatic N) is 3. The van der Waals surface area contributed by atoms with Crippen molar-refractivity contribution in [2.75, 3.05) is 6.54 Å². The van der Waals surface area contributed by atoms with Crippen LogP contribution >= 0.6 is 0 Å². The van der Waals surface area contributed by atoms with Gasteiger partial charge in [0.25, 0.3) is 0 Å². The molecule has 2 saturated heterocycles. The summed E-state index contributed by atoms with van der Waals surface area (Å²) in [6, 6.07) is 4.58. The number of halogens is 3. The van der Waals surface area contributed by atoms with Gasteiger partial charge in [0.15, 0.2) is 0 Å². The smallest absolute Gasteiger partial charge is 0.416 e. The maximum absolute atomic E-state index is 12.8. The third-order valence-corrected chi connectivity index (χ3v) is 6.09. The molecule has 0 radical (unpaired) electrons. The van der Waals surface area contributed by atoms with Gasteiger partial charge in [-0.3, -0.25) is 4.79 Å². The van der Waals surface area contributed by atoms with E-state index in [1.54, 1.807) is 13.0 Å². The Balaban J connectivity index is 1.55. The molecule has 3 heterocycles. The molecule has 1 aromatic carbocycles. The van der Waals surface area contributed by atoms with Crippen LogP contribution < -0.4 is 0 Å². The number of piperidine rings is 1. The second kappa shape index (κ2) is 7.54. The minimum absolute atomic E-state index is 0.118. The topological polar surface area (TPSA) is 86.5 Å². The first-order chi connectivity index (χ1) is 14.1. The van der Waals surface area contributed by atoms with Crippen LogP contribution in [-0.2, 0) is 11.0 Å². The number of hydrogen-bond donors (Lipinski definition) is 2. The Kier molecular flexibility index (Phi) is 5.17. The van der Waals surface area contributed by atoms with Crippen molar-refractivity contribution in [3.05, 3.63) is 41.1 Å². The van der Waals surface area contributed by atoms with Gasteiger partial charge in [-0.25, -0.2) is 0 Å². The van der Waals surface area contributed by atoms with Gasteiger partial charge in [-0.1, -0.05) is 0 Å². The average Bonchev–Trinajstić information content (AvgIpc) is 3.07. The molecule has 2 fully saturated rings. The zero-order valence-electron chi connectivity index (χ0n) is 16.4. The van der Waals surface area contributed by atoms with Crippen LogP contribution in [-0.4, -0.2) is 43.8 Å². The predicted molar refractivity (Wildman–Crippen MR) is 101 cm³/mol. The molecule has 0 bridgehead atoms. The van der Waals surface area contributed by atoms with Crippen LogP contribution in [0.4, 0.5) is 13.2 Å². The van der Waals surface area contributed by atoms with E-state index in [1.165, 1.54) is 0 Å². The van der Waals surface area contributed by atoms with Crippen LogP contribution in [0.3, 0.4) is 0 Å². The Labute approximate surface area is 171 Å². The number of phenolic OH excluding ortho intramolecular Hbond substituents is 1. The van der Waals surface area contributed by atoms with Crippen molar-refractivity contribution in [1.82, 2.24) is 15.1 Å². The number of alkyl halides is 3. The van der Waals surface area contributed by atoms with E-state index in [-0.39, 0.29) is 29.1 Å². The summed E-state index contributed by atoms with van der Waals surface area (Å²) >= 11 is 0. The SMILES string of the molecule is Cc1cc(C(O)[C@@H]2CC[C@H]3CCC(=O)N3C2)nnc1-c1ccc(C(F)(F)F)cc1O. The minimum Gasteiger partial charge on any atom is -0.507 e. The van der Waals surface area contributed by atoms with Crippen LogP contribution in [0.15, 0.2) is 24.3 Å². The molecule has 2 aliphatic heterocycles. The highest BCUT2D eigenvalue weighted by Gasteiger charge is 2.39. The molecular weight excluding hydrogens is 399 g/mol. The number of carbonyl (C=O) groups is 1. The second-order valence-corrected chi connectivity index (χ2v) is 8.05. The van der Waals surface area contributed by atoms with E-state index in [0.29, 0.717) is 30.3 Å². The van der Waals surface area contributed by atoms with Gasteiger partial charge < -0.3 is 15.1 Å². The summed E-state index contributed by atoms with van der Waals surface area (Å²) in [5.41, 5.74) is 0.346. The number of fused-ring (bicyclic) bond motifs is 1. The summed E-state index contributed by atoms with van der Waals surface area (Å²) in [4.78, 5) is 13.8. The van der Waals surface area contributed by atoms with Crippen molar-refractivity contribution >= 4 is 5.91 Å². The zero-order chi connectivity index (χ0) is 21.6. The molecule has 0 spiro atoms. The Morgan fingerprint density at radius 1 is 1.17 bits per heavy atom. The average molecular weight is 421 g/mol. The summed E-state index contributed by atoms with van der Waals surface area (Å²) in [7, 11) is 0. The lowest BCUT2D eigenvalue weighted by molar-refractivity contribution is -0.137. The van der Waals surface area contributed by atoms with Crippen molar-refractivity contribution < 1.29 is 28.2 Å².